The number of hydrogen-bond donors (Lipinski definition) is 2. The topological polar surface area (TPSA) is 104 Å². The molecule has 48 heavy (non-hydrogen) atoms. The lowest BCUT2D eigenvalue weighted by Gasteiger charge is -2.05. The zero-order valence-electron chi connectivity index (χ0n) is 25.7. The molecule has 0 amide bonds. The molecule has 0 aliphatic rings. The van der Waals surface area contributed by atoms with Gasteiger partial charge in [0.2, 0.25) is 0 Å². The Balaban J connectivity index is 1.30. The van der Waals surface area contributed by atoms with E-state index in [1.807, 2.05) is 121 Å². The van der Waals surface area contributed by atoms with Crippen LogP contribution in [0.5, 0.6) is 5.75 Å². The highest BCUT2D eigenvalue weighted by Gasteiger charge is 2.22. The maximum absolute atomic E-state index is 6.22. The number of aromatic nitrogens is 3. The van der Waals surface area contributed by atoms with E-state index in [2.05, 4.69) is 21.1 Å². The number of amidine groups is 1. The van der Waals surface area contributed by atoms with Crippen LogP contribution in [0.2, 0.25) is 5.02 Å². The van der Waals surface area contributed by atoms with E-state index >= 15 is 0 Å². The van der Waals surface area contributed by atoms with Crippen LogP contribution in [0.25, 0.3) is 55.6 Å². The summed E-state index contributed by atoms with van der Waals surface area (Å²) in [5, 5.41) is 11.9. The predicted molar refractivity (Wildman–Crippen MR) is 192 cm³/mol. The number of hydrogen-bond acceptors (Lipinski definition) is 5. The van der Waals surface area contributed by atoms with Gasteiger partial charge in [-0.15, -0.1) is 10.2 Å². The van der Waals surface area contributed by atoms with Gasteiger partial charge in [0, 0.05) is 32.4 Å². The van der Waals surface area contributed by atoms with Crippen molar-refractivity contribution in [1.29, 1.82) is 0 Å². The Morgan fingerprint density at radius 1 is 0.708 bits per heavy atom. The highest BCUT2D eigenvalue weighted by atomic mass is 35.5. The Bertz CT molecular complexity index is 2440. The minimum Gasteiger partial charge on any atom is -0.497 e. The summed E-state index contributed by atoms with van der Waals surface area (Å²) in [6.07, 6.45) is 1.62. The number of H-pyrrole nitrogens is 2. The summed E-state index contributed by atoms with van der Waals surface area (Å²) in [6.45, 7) is 0. The summed E-state index contributed by atoms with van der Waals surface area (Å²) in [5.41, 5.74) is 8.59. The SMILES string of the molecule is COc1ccc(N=NC(=Nc2nc(-c3c(-c4ccc(Cl)cc4)[nH]c4ccccc34)co2)c2c(-c3ccccc3)[nH]c3ccccc23)cc1. The largest absolute Gasteiger partial charge is 0.497 e. The number of oxazole rings is 1. The first-order chi connectivity index (χ1) is 23.6. The number of para-hydroxylation sites is 2. The minimum atomic E-state index is 0.144. The molecule has 0 fully saturated rings. The Kier molecular flexibility index (Phi) is 7.60. The van der Waals surface area contributed by atoms with Crippen LogP contribution in [0.3, 0.4) is 0 Å². The van der Waals surface area contributed by atoms with Crippen molar-refractivity contribution >= 4 is 50.9 Å². The minimum absolute atomic E-state index is 0.144. The third kappa shape index (κ3) is 5.55. The average molecular weight is 647 g/mol. The molecule has 9 heteroatoms. The normalized spacial score (nSPS) is 12.0. The maximum Gasteiger partial charge on any atom is 0.324 e. The highest BCUT2D eigenvalue weighted by Crippen LogP contribution is 2.39. The molecule has 0 aliphatic carbocycles. The molecule has 3 heterocycles. The molecule has 0 saturated carbocycles. The molecule has 3 aromatic heterocycles. The molecule has 0 saturated heterocycles. The highest BCUT2D eigenvalue weighted by molar-refractivity contribution is 6.30. The molecule has 5 aromatic carbocycles. The second-order valence-electron chi connectivity index (χ2n) is 11.1. The van der Waals surface area contributed by atoms with Crippen molar-refractivity contribution in [2.24, 2.45) is 15.2 Å². The third-order valence-electron chi connectivity index (χ3n) is 8.11. The Labute approximate surface area is 280 Å². The van der Waals surface area contributed by atoms with E-state index < -0.39 is 0 Å². The number of aromatic amines is 2. The molecule has 0 atom stereocenters. The monoisotopic (exact) mass is 646 g/mol. The van der Waals surface area contributed by atoms with Gasteiger partial charge in [0.25, 0.3) is 0 Å². The van der Waals surface area contributed by atoms with Gasteiger partial charge in [-0.3, -0.25) is 0 Å². The number of benzene rings is 5. The number of aliphatic imine (C=N–C) groups is 1. The fourth-order valence-corrected chi connectivity index (χ4v) is 5.97. The standard InChI is InChI=1S/C39H27ClN6O2/c1-47-28-21-19-27(20-22-28)45-46-38(35-30-12-6-8-14-32(30)42-37(35)24-9-3-2-4-10-24)44-39-43-33(23-48-39)34-29-11-5-7-13-31(29)41-36(34)25-15-17-26(40)18-16-25/h2-23,41-42H,1H3. The molecule has 8 aromatic rings. The smallest absolute Gasteiger partial charge is 0.324 e. The Hall–Kier alpha value is -6.25. The first-order valence-electron chi connectivity index (χ1n) is 15.3. The van der Waals surface area contributed by atoms with Gasteiger partial charge in [-0.25, -0.2) is 0 Å². The maximum atomic E-state index is 6.22. The van der Waals surface area contributed by atoms with Gasteiger partial charge in [0.1, 0.15) is 17.7 Å². The Morgan fingerprint density at radius 2 is 1.35 bits per heavy atom. The van der Waals surface area contributed by atoms with Crippen LogP contribution in [0, 0.1) is 0 Å². The number of methoxy groups -OCH3 is 1. The van der Waals surface area contributed by atoms with E-state index in [1.54, 1.807) is 13.4 Å². The molecule has 8 rings (SSSR count). The lowest BCUT2D eigenvalue weighted by molar-refractivity contribution is 0.415. The Morgan fingerprint density at radius 3 is 2.10 bits per heavy atom. The predicted octanol–water partition coefficient (Wildman–Crippen LogP) is 11.2. The molecule has 0 radical (unpaired) electrons. The van der Waals surface area contributed by atoms with Crippen LogP contribution >= 0.6 is 11.6 Å². The van der Waals surface area contributed by atoms with Gasteiger partial charge in [-0.1, -0.05) is 90.5 Å². The van der Waals surface area contributed by atoms with E-state index in [0.717, 1.165) is 61.2 Å². The number of nitrogens with one attached hydrogen (secondary N) is 2. The van der Waals surface area contributed by atoms with Gasteiger partial charge in [0.05, 0.1) is 29.7 Å². The molecule has 0 unspecified atom stereocenters. The number of fused-ring (bicyclic) bond motifs is 2. The van der Waals surface area contributed by atoms with Crippen molar-refractivity contribution < 1.29 is 9.15 Å². The van der Waals surface area contributed by atoms with E-state index in [4.69, 9.17) is 35.8 Å². The quantitative estimate of drug-likeness (QED) is 0.102. The van der Waals surface area contributed by atoms with E-state index in [-0.39, 0.29) is 6.01 Å². The van der Waals surface area contributed by atoms with E-state index in [0.29, 0.717) is 22.2 Å². The van der Waals surface area contributed by atoms with Crippen molar-refractivity contribution in [2.45, 2.75) is 0 Å². The molecule has 0 bridgehead atoms. The lowest BCUT2D eigenvalue weighted by Crippen LogP contribution is -1.98. The van der Waals surface area contributed by atoms with Gasteiger partial charge in [-0.05, 0) is 59.7 Å². The summed E-state index contributed by atoms with van der Waals surface area (Å²) >= 11 is 6.22. The molecule has 0 spiro atoms. The molecule has 0 aliphatic heterocycles. The second-order valence-corrected chi connectivity index (χ2v) is 11.5. The fraction of sp³-hybridized carbons (Fsp3) is 0.0256. The number of azo groups is 1. The van der Waals surface area contributed by atoms with Crippen molar-refractivity contribution in [1.82, 2.24) is 15.0 Å². The zero-order chi connectivity index (χ0) is 32.5. The number of nitrogens with zero attached hydrogens (tertiary/aromatic N) is 4. The molecule has 2 N–H and O–H groups in total. The van der Waals surface area contributed by atoms with Gasteiger partial charge in [0.15, 0.2) is 5.84 Å². The van der Waals surface area contributed by atoms with Crippen LogP contribution in [-0.2, 0) is 0 Å². The molecular weight excluding hydrogens is 620 g/mol. The van der Waals surface area contributed by atoms with Crippen LogP contribution in [0.15, 0.2) is 153 Å². The van der Waals surface area contributed by atoms with Crippen LogP contribution in [0.4, 0.5) is 11.7 Å². The average Bonchev–Trinajstić information content (AvgIpc) is 3.86. The van der Waals surface area contributed by atoms with E-state index in [9.17, 15) is 0 Å². The number of ether oxygens (including phenoxy) is 1. The molecule has 8 nitrogen and oxygen atoms in total. The van der Waals surface area contributed by atoms with Crippen molar-refractivity contribution in [3.8, 4) is 39.5 Å². The summed E-state index contributed by atoms with van der Waals surface area (Å²) in [7, 11) is 1.63. The van der Waals surface area contributed by atoms with Crippen molar-refractivity contribution in [3.63, 3.8) is 0 Å². The van der Waals surface area contributed by atoms with Crippen LogP contribution < -0.4 is 4.74 Å². The first kappa shape index (κ1) is 29.2. The fourth-order valence-electron chi connectivity index (χ4n) is 5.84. The van der Waals surface area contributed by atoms with Gasteiger partial charge < -0.3 is 19.1 Å². The summed E-state index contributed by atoms with van der Waals surface area (Å²) < 4.78 is 11.4. The lowest BCUT2D eigenvalue weighted by atomic mass is 10.0. The van der Waals surface area contributed by atoms with Gasteiger partial charge in [-0.2, -0.15) is 9.98 Å². The first-order valence-corrected chi connectivity index (χ1v) is 15.7. The zero-order valence-corrected chi connectivity index (χ0v) is 26.4. The van der Waals surface area contributed by atoms with Crippen LogP contribution in [-0.4, -0.2) is 27.9 Å². The summed E-state index contributed by atoms with van der Waals surface area (Å²) in [4.78, 5) is 16.9. The van der Waals surface area contributed by atoms with Gasteiger partial charge >= 0.3 is 6.01 Å². The summed E-state index contributed by atoms with van der Waals surface area (Å²) in [6, 6.07) is 41.4. The van der Waals surface area contributed by atoms with Crippen molar-refractivity contribution in [2.75, 3.05) is 7.11 Å². The van der Waals surface area contributed by atoms with E-state index in [1.165, 1.54) is 0 Å². The number of rotatable bonds is 7. The molecule has 232 valence electrons. The number of halogens is 1. The summed E-state index contributed by atoms with van der Waals surface area (Å²) in [5.74, 6) is 1.07. The van der Waals surface area contributed by atoms with Crippen LogP contribution in [0.1, 0.15) is 5.56 Å². The third-order valence-corrected chi connectivity index (χ3v) is 8.37. The molecular formula is C39H27ClN6O2. The second kappa shape index (κ2) is 12.5. The van der Waals surface area contributed by atoms with Crippen molar-refractivity contribution in [3.05, 3.63) is 144 Å².